The van der Waals surface area contributed by atoms with E-state index in [1.54, 1.807) is 6.92 Å². The molecule has 1 aromatic heterocycles. The molecule has 3 aliphatic rings. The Morgan fingerprint density at radius 3 is 2.59 bits per heavy atom. The predicted octanol–water partition coefficient (Wildman–Crippen LogP) is 0.958. The lowest BCUT2D eigenvalue weighted by Gasteiger charge is -2.45. The zero-order chi connectivity index (χ0) is 25.3. The Kier molecular flexibility index (Phi) is 6.12. The van der Waals surface area contributed by atoms with Crippen molar-refractivity contribution in [2.45, 2.75) is 88.9 Å². The van der Waals surface area contributed by atoms with Crippen LogP contribution in [-0.2, 0) is 28.2 Å². The van der Waals surface area contributed by atoms with Gasteiger partial charge in [0.2, 0.25) is 0 Å². The number of nitrogens with zero attached hydrogens (tertiary/aromatic N) is 1. The largest absolute Gasteiger partial charge is 0.406 e. The van der Waals surface area contributed by atoms with E-state index in [2.05, 4.69) is 31.1 Å². The third-order valence-corrected chi connectivity index (χ3v) is 13.3. The maximum absolute atomic E-state index is 12.9. The van der Waals surface area contributed by atoms with E-state index in [1.807, 2.05) is 20.0 Å². The fraction of sp³-hybridized carbons (Fsp3) is 0.810. The van der Waals surface area contributed by atoms with E-state index in [1.165, 1.54) is 10.8 Å². The highest BCUT2D eigenvalue weighted by Gasteiger charge is 2.80. The second-order valence-electron chi connectivity index (χ2n) is 10.9. The molecule has 2 unspecified atom stereocenters. The minimum absolute atomic E-state index is 0.228. The molecule has 11 nitrogen and oxygen atoms in total. The van der Waals surface area contributed by atoms with E-state index in [0.717, 1.165) is 0 Å². The van der Waals surface area contributed by atoms with Crippen molar-refractivity contribution in [1.82, 2.24) is 14.9 Å². The van der Waals surface area contributed by atoms with Gasteiger partial charge in [-0.2, -0.15) is 8.42 Å². The minimum atomic E-state index is -3.99. The summed E-state index contributed by atoms with van der Waals surface area (Å²) in [7, 11) is -6.54. The number of hydrogen-bond acceptors (Lipinski definition) is 9. The van der Waals surface area contributed by atoms with Gasteiger partial charge in [0.15, 0.2) is 25.9 Å². The number of aromatic nitrogens is 2. The number of hydrogen-bond donors (Lipinski definition) is 2. The van der Waals surface area contributed by atoms with Crippen LogP contribution < -0.4 is 16.6 Å². The molecule has 5 atom stereocenters. The summed E-state index contributed by atoms with van der Waals surface area (Å²) in [6.45, 7) is 14.3. The first-order valence-corrected chi connectivity index (χ1v) is 16.1. The molecule has 2 N–H and O–H groups in total. The van der Waals surface area contributed by atoms with Crippen LogP contribution >= 0.6 is 0 Å². The molecule has 0 amide bonds. The fourth-order valence-corrected chi connectivity index (χ4v) is 7.75. The molecule has 34 heavy (non-hydrogen) atoms. The molecule has 4 rings (SSSR count). The Balaban J connectivity index is 1.92. The SMILES string of the molecule is CCCOC12CS(=O)(=O)OC13[C@@H](CN2)O[C@@H](n1cc(C)c(=O)[nH]c1=O)[C@@H]3O[Si](C)(C)C(C)(C)C. The van der Waals surface area contributed by atoms with Gasteiger partial charge < -0.3 is 13.9 Å². The van der Waals surface area contributed by atoms with Gasteiger partial charge in [0.05, 0.1) is 0 Å². The Labute approximate surface area is 200 Å². The van der Waals surface area contributed by atoms with E-state index in [-0.39, 0.29) is 11.6 Å². The van der Waals surface area contributed by atoms with Crippen molar-refractivity contribution in [1.29, 1.82) is 0 Å². The van der Waals surface area contributed by atoms with Crippen molar-refractivity contribution >= 4 is 18.4 Å². The van der Waals surface area contributed by atoms with Crippen LogP contribution in [0.1, 0.15) is 45.9 Å². The smallest absolute Gasteiger partial charge is 0.330 e. The molecule has 3 saturated heterocycles. The van der Waals surface area contributed by atoms with E-state index in [4.69, 9.17) is 18.1 Å². The fourth-order valence-electron chi connectivity index (χ4n) is 4.75. The van der Waals surface area contributed by atoms with Crippen molar-refractivity contribution in [3.05, 3.63) is 32.6 Å². The first kappa shape index (κ1) is 25.7. The molecule has 3 fully saturated rings. The number of nitrogens with one attached hydrogen (secondary N) is 2. The van der Waals surface area contributed by atoms with Crippen LogP contribution in [0.2, 0.25) is 18.1 Å². The first-order valence-electron chi connectivity index (χ1n) is 11.6. The second-order valence-corrected chi connectivity index (χ2v) is 17.3. The Morgan fingerprint density at radius 2 is 1.97 bits per heavy atom. The average Bonchev–Trinajstić information content (AvgIpc) is 3.23. The maximum atomic E-state index is 12.9. The zero-order valence-corrected chi connectivity index (χ0v) is 22.6. The number of H-pyrrole nitrogens is 1. The standard InChI is InChI=1S/C21H35N3O8SSi/c1-8-9-29-20-12-33(27,28)32-21(20)14(10-22-20)30-17(15(21)31-34(6,7)19(3,4)5)24-11-13(2)16(25)23-18(24)26/h11,14-15,17,22H,8-10,12H2,1-7H3,(H,23,25,26)/t14-,15+,17-,20?,21?/m1/s1. The second kappa shape index (κ2) is 8.08. The molecule has 3 aliphatic heterocycles. The number of rotatable bonds is 6. The minimum Gasteiger partial charge on any atom is -0.406 e. The van der Waals surface area contributed by atoms with E-state index in [0.29, 0.717) is 18.6 Å². The van der Waals surface area contributed by atoms with E-state index >= 15 is 0 Å². The van der Waals surface area contributed by atoms with Crippen LogP contribution in [0.15, 0.2) is 15.8 Å². The molecule has 0 aromatic carbocycles. The number of aryl methyl sites for hydroxylation is 1. The van der Waals surface area contributed by atoms with Crippen LogP contribution in [-0.4, -0.2) is 68.7 Å². The van der Waals surface area contributed by atoms with E-state index < -0.39 is 65.2 Å². The molecule has 1 aromatic rings. The lowest BCUT2D eigenvalue weighted by molar-refractivity contribution is -0.168. The average molecular weight is 518 g/mol. The molecule has 4 heterocycles. The quantitative estimate of drug-likeness (QED) is 0.417. The predicted molar refractivity (Wildman–Crippen MR) is 127 cm³/mol. The molecule has 192 valence electrons. The van der Waals surface area contributed by atoms with Gasteiger partial charge in [-0.3, -0.25) is 23.8 Å². The highest BCUT2D eigenvalue weighted by molar-refractivity contribution is 7.87. The maximum Gasteiger partial charge on any atom is 0.330 e. The van der Waals surface area contributed by atoms with Gasteiger partial charge in [-0.15, -0.1) is 0 Å². The van der Waals surface area contributed by atoms with Crippen LogP contribution in [0.5, 0.6) is 0 Å². The summed E-state index contributed by atoms with van der Waals surface area (Å²) in [5.41, 5.74) is -3.79. The molecule has 0 saturated carbocycles. The summed E-state index contributed by atoms with van der Waals surface area (Å²) in [6, 6.07) is 0. The molecule has 13 heteroatoms. The third kappa shape index (κ3) is 3.76. The van der Waals surface area contributed by atoms with Crippen LogP contribution in [0.25, 0.3) is 0 Å². The molecule has 0 radical (unpaired) electrons. The Morgan fingerprint density at radius 1 is 1.29 bits per heavy atom. The van der Waals surface area contributed by atoms with Crippen molar-refractivity contribution in [2.24, 2.45) is 0 Å². The molecular weight excluding hydrogens is 482 g/mol. The van der Waals surface area contributed by atoms with Gasteiger partial charge in [-0.05, 0) is 31.5 Å². The first-order chi connectivity index (χ1) is 15.6. The normalized spacial score (nSPS) is 34.9. The van der Waals surface area contributed by atoms with Crippen molar-refractivity contribution in [3.63, 3.8) is 0 Å². The van der Waals surface area contributed by atoms with Crippen LogP contribution in [0, 0.1) is 6.92 Å². The van der Waals surface area contributed by atoms with Crippen molar-refractivity contribution in [3.8, 4) is 0 Å². The molecule has 0 bridgehead atoms. The van der Waals surface area contributed by atoms with Crippen LogP contribution in [0.4, 0.5) is 0 Å². The third-order valence-electron chi connectivity index (χ3n) is 7.51. The summed E-state index contributed by atoms with van der Waals surface area (Å²) in [5.74, 6) is -0.399. The summed E-state index contributed by atoms with van der Waals surface area (Å²) in [5, 5.41) is 2.99. The highest BCUT2D eigenvalue weighted by atomic mass is 32.2. The van der Waals surface area contributed by atoms with Gasteiger partial charge in [-0.25, -0.2) is 4.79 Å². The summed E-state index contributed by atoms with van der Waals surface area (Å²) in [4.78, 5) is 27.2. The number of ether oxygens (including phenoxy) is 2. The van der Waals surface area contributed by atoms with Gasteiger partial charge in [0.1, 0.15) is 18.0 Å². The van der Waals surface area contributed by atoms with Gasteiger partial charge in [0, 0.05) is 24.9 Å². The van der Waals surface area contributed by atoms with Gasteiger partial charge in [-0.1, -0.05) is 27.7 Å². The summed E-state index contributed by atoms with van der Waals surface area (Å²) < 4.78 is 52.3. The highest BCUT2D eigenvalue weighted by Crippen LogP contribution is 2.57. The molecule has 0 aliphatic carbocycles. The van der Waals surface area contributed by atoms with Crippen LogP contribution in [0.3, 0.4) is 0 Å². The number of aromatic amines is 1. The molecule has 1 spiro atoms. The summed E-state index contributed by atoms with van der Waals surface area (Å²) in [6.07, 6.45) is -0.703. The molecular formula is C21H35N3O8SSi. The topological polar surface area (TPSA) is 138 Å². The van der Waals surface area contributed by atoms with Crippen molar-refractivity contribution in [2.75, 3.05) is 18.9 Å². The monoisotopic (exact) mass is 517 g/mol. The lowest BCUT2D eigenvalue weighted by Crippen LogP contribution is -2.66. The lowest BCUT2D eigenvalue weighted by atomic mass is 9.85. The van der Waals surface area contributed by atoms with Gasteiger partial charge >= 0.3 is 5.69 Å². The van der Waals surface area contributed by atoms with E-state index in [9.17, 15) is 18.0 Å². The van der Waals surface area contributed by atoms with Crippen molar-refractivity contribution < 1.29 is 26.5 Å². The Bertz CT molecular complexity index is 1190. The summed E-state index contributed by atoms with van der Waals surface area (Å²) >= 11 is 0. The van der Waals surface area contributed by atoms with Gasteiger partial charge in [0.25, 0.3) is 15.7 Å². The zero-order valence-electron chi connectivity index (χ0n) is 20.8. The Hall–Kier alpha value is -1.35.